The van der Waals surface area contributed by atoms with Gasteiger partial charge in [0.2, 0.25) is 0 Å². The number of hydrogen-bond donors (Lipinski definition) is 0. The van der Waals surface area contributed by atoms with E-state index in [1.54, 1.807) is 0 Å². The molecular weight excluding hydrogens is 226 g/mol. The van der Waals surface area contributed by atoms with Gasteiger partial charge in [-0.2, -0.15) is 0 Å². The normalized spacial score (nSPS) is 8.24. The van der Waals surface area contributed by atoms with Crippen LogP contribution in [0.4, 0.5) is 8.78 Å². The van der Waals surface area contributed by atoms with E-state index < -0.39 is 17.6 Å². The molecule has 1 rings (SSSR count). The summed E-state index contributed by atoms with van der Waals surface area (Å²) in [5, 5.41) is 0. The van der Waals surface area contributed by atoms with Gasteiger partial charge in [0.15, 0.2) is 0 Å². The molecule has 0 bridgehead atoms. The third-order valence-electron chi connectivity index (χ3n) is 1.65. The lowest BCUT2D eigenvalue weighted by molar-refractivity contribution is 0.0595. The Kier molecular flexibility index (Phi) is 10.3. The Hall–Kier alpha value is -1.45. The standard InChI is InChI=1S/C9H8F2O2.2C2H6/c1-5-3-6(9(12)13-2)8(11)4-7(5)10;2*1-2/h3-4H,1-2H3;2*1-2H3. The number of hydrogen-bond acceptors (Lipinski definition) is 2. The Morgan fingerprint density at radius 1 is 1.06 bits per heavy atom. The van der Waals surface area contributed by atoms with Gasteiger partial charge in [-0.15, -0.1) is 0 Å². The van der Waals surface area contributed by atoms with E-state index in [-0.39, 0.29) is 11.1 Å². The predicted molar refractivity (Wildman–Crippen MR) is 65.1 cm³/mol. The van der Waals surface area contributed by atoms with Crippen molar-refractivity contribution in [3.8, 4) is 0 Å². The molecular formula is C13H20F2O2. The summed E-state index contributed by atoms with van der Waals surface area (Å²) in [6, 6.07) is 1.79. The Labute approximate surface area is 102 Å². The third kappa shape index (κ3) is 5.43. The maximum absolute atomic E-state index is 12.9. The molecule has 0 aliphatic heterocycles. The summed E-state index contributed by atoms with van der Waals surface area (Å²) >= 11 is 0. The lowest BCUT2D eigenvalue weighted by Gasteiger charge is -2.02. The largest absolute Gasteiger partial charge is 0.465 e. The Morgan fingerprint density at radius 2 is 1.53 bits per heavy atom. The van der Waals surface area contributed by atoms with Gasteiger partial charge >= 0.3 is 5.97 Å². The molecule has 0 saturated heterocycles. The number of halogens is 2. The first kappa shape index (κ1) is 17.9. The summed E-state index contributed by atoms with van der Waals surface area (Å²) in [5.74, 6) is -2.39. The smallest absolute Gasteiger partial charge is 0.340 e. The second-order valence-corrected chi connectivity index (χ2v) is 2.57. The van der Waals surface area contributed by atoms with Crippen LogP contribution >= 0.6 is 0 Å². The van der Waals surface area contributed by atoms with Gasteiger partial charge in [0.05, 0.1) is 12.7 Å². The monoisotopic (exact) mass is 246 g/mol. The number of benzene rings is 1. The van der Waals surface area contributed by atoms with Gasteiger partial charge in [0.25, 0.3) is 0 Å². The zero-order chi connectivity index (χ0) is 14.0. The predicted octanol–water partition coefficient (Wildman–Crippen LogP) is 4.11. The molecule has 1 aromatic rings. The molecule has 0 aromatic heterocycles. The number of rotatable bonds is 1. The van der Waals surface area contributed by atoms with E-state index in [1.165, 1.54) is 6.92 Å². The average molecular weight is 246 g/mol. The van der Waals surface area contributed by atoms with Crippen molar-refractivity contribution in [3.63, 3.8) is 0 Å². The van der Waals surface area contributed by atoms with Gasteiger partial charge < -0.3 is 4.74 Å². The molecule has 98 valence electrons. The minimum Gasteiger partial charge on any atom is -0.465 e. The minimum absolute atomic E-state index is 0.210. The highest BCUT2D eigenvalue weighted by atomic mass is 19.1. The van der Waals surface area contributed by atoms with E-state index in [4.69, 9.17) is 0 Å². The zero-order valence-corrected chi connectivity index (χ0v) is 11.2. The van der Waals surface area contributed by atoms with Crippen LogP contribution in [-0.2, 0) is 4.74 Å². The minimum atomic E-state index is -0.907. The Morgan fingerprint density at radius 3 is 1.94 bits per heavy atom. The van der Waals surface area contributed by atoms with Crippen molar-refractivity contribution in [2.75, 3.05) is 7.11 Å². The molecule has 0 heterocycles. The average Bonchev–Trinajstić information content (AvgIpc) is 2.37. The highest BCUT2D eigenvalue weighted by Crippen LogP contribution is 2.14. The van der Waals surface area contributed by atoms with Crippen molar-refractivity contribution >= 4 is 5.97 Å². The van der Waals surface area contributed by atoms with Crippen LogP contribution in [-0.4, -0.2) is 13.1 Å². The molecule has 0 unspecified atom stereocenters. The van der Waals surface area contributed by atoms with E-state index in [9.17, 15) is 13.6 Å². The van der Waals surface area contributed by atoms with Crippen molar-refractivity contribution in [2.24, 2.45) is 0 Å². The first-order valence-corrected chi connectivity index (χ1v) is 5.60. The lowest BCUT2D eigenvalue weighted by atomic mass is 10.1. The molecule has 4 heteroatoms. The van der Waals surface area contributed by atoms with Gasteiger partial charge in [0, 0.05) is 6.07 Å². The Balaban J connectivity index is 0. The fourth-order valence-electron chi connectivity index (χ4n) is 0.924. The van der Waals surface area contributed by atoms with E-state index in [2.05, 4.69) is 4.74 Å². The molecule has 0 atom stereocenters. The number of carbonyl (C=O) groups excluding carboxylic acids is 1. The maximum atomic E-state index is 12.9. The van der Waals surface area contributed by atoms with Crippen LogP contribution in [0.5, 0.6) is 0 Å². The van der Waals surface area contributed by atoms with Crippen molar-refractivity contribution in [3.05, 3.63) is 34.9 Å². The molecule has 0 spiro atoms. The van der Waals surface area contributed by atoms with Crippen molar-refractivity contribution in [1.29, 1.82) is 0 Å². The number of carbonyl (C=O) groups is 1. The van der Waals surface area contributed by atoms with Crippen molar-refractivity contribution in [1.82, 2.24) is 0 Å². The van der Waals surface area contributed by atoms with Crippen molar-refractivity contribution in [2.45, 2.75) is 34.6 Å². The first-order chi connectivity index (χ1) is 8.06. The molecule has 2 nitrogen and oxygen atoms in total. The van der Waals surface area contributed by atoms with Crippen LogP contribution < -0.4 is 0 Å². The molecule has 17 heavy (non-hydrogen) atoms. The zero-order valence-electron chi connectivity index (χ0n) is 11.2. The highest BCUT2D eigenvalue weighted by Gasteiger charge is 2.14. The van der Waals surface area contributed by atoms with E-state index in [0.29, 0.717) is 6.07 Å². The summed E-state index contributed by atoms with van der Waals surface area (Å²) in [4.78, 5) is 10.9. The lowest BCUT2D eigenvalue weighted by Crippen LogP contribution is -2.05. The summed E-state index contributed by atoms with van der Waals surface area (Å²) in [6.45, 7) is 9.45. The van der Waals surface area contributed by atoms with Crippen LogP contribution in [0.2, 0.25) is 0 Å². The summed E-state index contributed by atoms with van der Waals surface area (Å²) in [7, 11) is 1.14. The second kappa shape index (κ2) is 9.75. The van der Waals surface area contributed by atoms with Gasteiger partial charge in [-0.25, -0.2) is 13.6 Å². The van der Waals surface area contributed by atoms with Crippen LogP contribution in [0.3, 0.4) is 0 Å². The number of esters is 1. The maximum Gasteiger partial charge on any atom is 0.340 e. The number of aryl methyl sites for hydroxylation is 1. The molecule has 0 amide bonds. The van der Waals surface area contributed by atoms with Crippen LogP contribution in [0.15, 0.2) is 12.1 Å². The fourth-order valence-corrected chi connectivity index (χ4v) is 0.924. The van der Waals surface area contributed by atoms with E-state index >= 15 is 0 Å². The van der Waals surface area contributed by atoms with Gasteiger partial charge in [-0.1, -0.05) is 27.7 Å². The van der Waals surface area contributed by atoms with Crippen LogP contribution in [0.1, 0.15) is 43.6 Å². The SMILES string of the molecule is CC.CC.COC(=O)c1cc(C)c(F)cc1F. The van der Waals surface area contributed by atoms with Crippen LogP contribution in [0.25, 0.3) is 0 Å². The van der Waals surface area contributed by atoms with Crippen LogP contribution in [0, 0.1) is 18.6 Å². The molecule has 0 saturated carbocycles. The topological polar surface area (TPSA) is 26.3 Å². The highest BCUT2D eigenvalue weighted by molar-refractivity contribution is 5.89. The molecule has 0 aliphatic rings. The summed E-state index contributed by atoms with van der Waals surface area (Å²) in [6.07, 6.45) is 0. The summed E-state index contributed by atoms with van der Waals surface area (Å²) in [5.41, 5.74) is -0.0387. The first-order valence-electron chi connectivity index (χ1n) is 5.60. The van der Waals surface area contributed by atoms with E-state index in [1.807, 2.05) is 27.7 Å². The molecule has 0 radical (unpaired) electrons. The molecule has 0 aliphatic carbocycles. The molecule has 0 N–H and O–H groups in total. The quantitative estimate of drug-likeness (QED) is 0.697. The Bertz CT molecular complexity index is 350. The van der Waals surface area contributed by atoms with Gasteiger partial charge in [0.1, 0.15) is 11.6 Å². The van der Waals surface area contributed by atoms with E-state index in [0.717, 1.165) is 13.2 Å². The van der Waals surface area contributed by atoms with Gasteiger partial charge in [-0.05, 0) is 18.6 Å². The van der Waals surface area contributed by atoms with Gasteiger partial charge in [-0.3, -0.25) is 0 Å². The van der Waals surface area contributed by atoms with Crippen molar-refractivity contribution < 1.29 is 18.3 Å². The summed E-state index contributed by atoms with van der Waals surface area (Å²) < 4.78 is 30.0. The molecule has 1 aromatic carbocycles. The molecule has 0 fully saturated rings. The second-order valence-electron chi connectivity index (χ2n) is 2.57. The fraction of sp³-hybridized carbons (Fsp3) is 0.462. The third-order valence-corrected chi connectivity index (χ3v) is 1.65. The number of methoxy groups -OCH3 is 1. The number of ether oxygens (including phenoxy) is 1.